The number of aliphatic carboxylic acids is 1. The highest BCUT2D eigenvalue weighted by atomic mass is 16.4. The van der Waals surface area contributed by atoms with Gasteiger partial charge in [0.15, 0.2) is 0 Å². The number of rotatable bonds is 3. The molecule has 1 aliphatic carbocycles. The third-order valence-corrected chi connectivity index (χ3v) is 3.97. The number of hydrogen-bond acceptors (Lipinski definition) is 2. The number of amides is 1. The Bertz CT molecular complexity index is 373. The van der Waals surface area contributed by atoms with Gasteiger partial charge in [0.05, 0.1) is 0 Å². The minimum atomic E-state index is -1.03. The van der Waals surface area contributed by atoms with Crippen molar-refractivity contribution in [3.05, 3.63) is 11.1 Å². The fourth-order valence-corrected chi connectivity index (χ4v) is 2.49. The van der Waals surface area contributed by atoms with Crippen LogP contribution in [0.3, 0.4) is 0 Å². The van der Waals surface area contributed by atoms with E-state index in [0.717, 1.165) is 19.3 Å². The predicted octanol–water partition coefficient (Wildman–Crippen LogP) is 2.35. The Kier molecular flexibility index (Phi) is 4.93. The fraction of sp³-hybridized carbons (Fsp3) is 0.714. The summed E-state index contributed by atoms with van der Waals surface area (Å²) >= 11 is 0. The minimum Gasteiger partial charge on any atom is -0.478 e. The van der Waals surface area contributed by atoms with E-state index in [1.165, 1.54) is 6.92 Å². The average Bonchev–Trinajstić information content (AvgIpc) is 2.30. The summed E-state index contributed by atoms with van der Waals surface area (Å²) in [5, 5.41) is 11.8. The topological polar surface area (TPSA) is 66.4 Å². The zero-order valence-electron chi connectivity index (χ0n) is 11.6. The van der Waals surface area contributed by atoms with Crippen molar-refractivity contribution in [1.82, 2.24) is 5.32 Å². The second-order valence-corrected chi connectivity index (χ2v) is 5.53. The average molecular weight is 253 g/mol. The van der Waals surface area contributed by atoms with Crippen LogP contribution in [0, 0.1) is 11.8 Å². The van der Waals surface area contributed by atoms with Crippen molar-refractivity contribution in [2.75, 3.05) is 0 Å². The van der Waals surface area contributed by atoms with Gasteiger partial charge in [-0.25, -0.2) is 4.79 Å². The molecule has 0 saturated heterocycles. The summed E-state index contributed by atoms with van der Waals surface area (Å²) in [4.78, 5) is 22.8. The van der Waals surface area contributed by atoms with Crippen molar-refractivity contribution < 1.29 is 14.7 Å². The summed E-state index contributed by atoms with van der Waals surface area (Å²) in [5.74, 6) is -0.115. The molecule has 1 amide bonds. The van der Waals surface area contributed by atoms with Crippen LogP contribution < -0.4 is 5.32 Å². The quantitative estimate of drug-likeness (QED) is 0.759. The monoisotopic (exact) mass is 253 g/mol. The van der Waals surface area contributed by atoms with Crippen LogP contribution in [-0.4, -0.2) is 23.0 Å². The van der Waals surface area contributed by atoms with Crippen LogP contribution in [0.5, 0.6) is 0 Å². The number of nitrogens with one attached hydrogen (secondary N) is 1. The lowest BCUT2D eigenvalue weighted by Crippen LogP contribution is -2.43. The van der Waals surface area contributed by atoms with Gasteiger partial charge in [-0.15, -0.1) is 0 Å². The molecule has 102 valence electrons. The highest BCUT2D eigenvalue weighted by Gasteiger charge is 2.27. The Morgan fingerprint density at radius 3 is 2.22 bits per heavy atom. The first-order chi connectivity index (χ1) is 8.32. The first-order valence-corrected chi connectivity index (χ1v) is 6.54. The summed E-state index contributed by atoms with van der Waals surface area (Å²) in [7, 11) is 0. The largest absolute Gasteiger partial charge is 0.478 e. The van der Waals surface area contributed by atoms with Gasteiger partial charge in [-0.2, -0.15) is 0 Å². The SMILES string of the molecule is C/C(C(=O)O)=C(/C)C(=O)NC1CCC(C)CC1C. The standard InChI is InChI=1S/C14H23NO3/c1-8-5-6-12(9(2)7-8)15-13(16)10(3)11(4)14(17)18/h8-9,12H,5-7H2,1-4H3,(H,15,16)(H,17,18)/b11-10+. The predicted molar refractivity (Wildman–Crippen MR) is 70.1 cm³/mol. The van der Waals surface area contributed by atoms with E-state index >= 15 is 0 Å². The molecule has 1 aliphatic rings. The molecule has 0 heterocycles. The van der Waals surface area contributed by atoms with E-state index < -0.39 is 5.97 Å². The van der Waals surface area contributed by atoms with E-state index in [1.807, 2.05) is 0 Å². The van der Waals surface area contributed by atoms with E-state index in [1.54, 1.807) is 6.92 Å². The van der Waals surface area contributed by atoms with Gasteiger partial charge in [0, 0.05) is 17.2 Å². The Labute approximate surface area is 108 Å². The third-order valence-electron chi connectivity index (χ3n) is 3.97. The van der Waals surface area contributed by atoms with Gasteiger partial charge in [-0.3, -0.25) is 4.79 Å². The van der Waals surface area contributed by atoms with E-state index in [4.69, 9.17) is 5.11 Å². The van der Waals surface area contributed by atoms with Crippen LogP contribution in [0.2, 0.25) is 0 Å². The Balaban J connectivity index is 2.65. The Morgan fingerprint density at radius 1 is 1.11 bits per heavy atom. The first kappa shape index (κ1) is 14.7. The van der Waals surface area contributed by atoms with Crippen molar-refractivity contribution >= 4 is 11.9 Å². The second-order valence-electron chi connectivity index (χ2n) is 5.53. The second kappa shape index (κ2) is 6.03. The van der Waals surface area contributed by atoms with Gasteiger partial charge in [-0.1, -0.05) is 13.8 Å². The molecule has 2 N–H and O–H groups in total. The van der Waals surface area contributed by atoms with Gasteiger partial charge in [-0.05, 0) is 44.9 Å². The van der Waals surface area contributed by atoms with Crippen molar-refractivity contribution in [2.24, 2.45) is 11.8 Å². The summed E-state index contributed by atoms with van der Waals surface area (Å²) in [6.07, 6.45) is 3.22. The molecule has 0 spiro atoms. The molecule has 0 aromatic heterocycles. The molecule has 0 aliphatic heterocycles. The lowest BCUT2D eigenvalue weighted by molar-refractivity contribution is -0.133. The minimum absolute atomic E-state index is 0.115. The van der Waals surface area contributed by atoms with Gasteiger partial charge < -0.3 is 10.4 Å². The lowest BCUT2D eigenvalue weighted by atomic mass is 9.80. The van der Waals surface area contributed by atoms with Crippen molar-refractivity contribution in [2.45, 2.75) is 53.0 Å². The number of carboxylic acid groups (broad SMARTS) is 1. The van der Waals surface area contributed by atoms with Gasteiger partial charge >= 0.3 is 5.97 Å². The van der Waals surface area contributed by atoms with Gasteiger partial charge in [0.1, 0.15) is 0 Å². The first-order valence-electron chi connectivity index (χ1n) is 6.54. The van der Waals surface area contributed by atoms with Crippen LogP contribution in [-0.2, 0) is 9.59 Å². The Hall–Kier alpha value is -1.32. The summed E-state index contributed by atoms with van der Waals surface area (Å²) in [5.41, 5.74) is 0.414. The summed E-state index contributed by atoms with van der Waals surface area (Å²) in [6.45, 7) is 7.40. The summed E-state index contributed by atoms with van der Waals surface area (Å²) in [6, 6.07) is 0.172. The molecule has 1 saturated carbocycles. The molecule has 4 heteroatoms. The molecule has 18 heavy (non-hydrogen) atoms. The molecular formula is C14H23NO3. The fourth-order valence-electron chi connectivity index (χ4n) is 2.49. The van der Waals surface area contributed by atoms with Crippen molar-refractivity contribution in [3.63, 3.8) is 0 Å². The third kappa shape index (κ3) is 3.59. The molecule has 0 bridgehead atoms. The zero-order chi connectivity index (χ0) is 13.9. The van der Waals surface area contributed by atoms with Gasteiger partial charge in [0.2, 0.25) is 5.91 Å². The molecule has 3 atom stereocenters. The van der Waals surface area contributed by atoms with Crippen molar-refractivity contribution in [3.8, 4) is 0 Å². The molecule has 0 aromatic carbocycles. The molecule has 3 unspecified atom stereocenters. The number of carbonyl (C=O) groups excluding carboxylic acids is 1. The van der Waals surface area contributed by atoms with E-state index in [-0.39, 0.29) is 17.5 Å². The number of carboxylic acids is 1. The molecule has 0 aromatic rings. The van der Waals surface area contributed by atoms with E-state index in [9.17, 15) is 9.59 Å². The van der Waals surface area contributed by atoms with Gasteiger partial charge in [0.25, 0.3) is 0 Å². The number of carbonyl (C=O) groups is 2. The van der Waals surface area contributed by atoms with Crippen molar-refractivity contribution in [1.29, 1.82) is 0 Å². The molecule has 1 rings (SSSR count). The molecule has 0 radical (unpaired) electrons. The highest BCUT2D eigenvalue weighted by Crippen LogP contribution is 2.28. The van der Waals surface area contributed by atoms with Crippen LogP contribution in [0.4, 0.5) is 0 Å². The zero-order valence-corrected chi connectivity index (χ0v) is 11.6. The summed E-state index contributed by atoms with van der Waals surface area (Å²) < 4.78 is 0. The Morgan fingerprint density at radius 2 is 1.72 bits per heavy atom. The highest BCUT2D eigenvalue weighted by molar-refractivity contribution is 6.01. The molecule has 4 nitrogen and oxygen atoms in total. The molecule has 1 fully saturated rings. The van der Waals surface area contributed by atoms with Crippen LogP contribution >= 0.6 is 0 Å². The maximum Gasteiger partial charge on any atom is 0.331 e. The maximum absolute atomic E-state index is 12.0. The normalized spacial score (nSPS) is 29.4. The van der Waals surface area contributed by atoms with Crippen LogP contribution in [0.1, 0.15) is 47.0 Å². The van der Waals surface area contributed by atoms with Crippen LogP contribution in [0.15, 0.2) is 11.1 Å². The maximum atomic E-state index is 12.0. The number of hydrogen-bond donors (Lipinski definition) is 2. The lowest BCUT2D eigenvalue weighted by Gasteiger charge is -2.33. The van der Waals surface area contributed by atoms with Crippen LogP contribution in [0.25, 0.3) is 0 Å². The van der Waals surface area contributed by atoms with E-state index in [2.05, 4.69) is 19.2 Å². The molecular weight excluding hydrogens is 230 g/mol. The van der Waals surface area contributed by atoms with E-state index in [0.29, 0.717) is 17.4 Å². The smallest absolute Gasteiger partial charge is 0.331 e.